The molecule has 5 rings (SSSR count). The minimum atomic E-state index is -0.745. The van der Waals surface area contributed by atoms with Crippen LogP contribution in [0.15, 0.2) is 18.3 Å². The van der Waals surface area contributed by atoms with Crippen molar-refractivity contribution in [1.29, 1.82) is 5.26 Å². The van der Waals surface area contributed by atoms with E-state index in [2.05, 4.69) is 26.7 Å². The van der Waals surface area contributed by atoms with Crippen LogP contribution in [0, 0.1) is 11.3 Å². The number of urea groups is 1. The van der Waals surface area contributed by atoms with Crippen molar-refractivity contribution in [3.63, 3.8) is 0 Å². The lowest BCUT2D eigenvalue weighted by molar-refractivity contribution is -0.109. The van der Waals surface area contributed by atoms with Gasteiger partial charge in [0.1, 0.15) is 29.6 Å². The number of aliphatic hydroxyl groups excluding tert-OH is 1. The van der Waals surface area contributed by atoms with Gasteiger partial charge in [0, 0.05) is 39.0 Å². The van der Waals surface area contributed by atoms with E-state index in [4.69, 9.17) is 9.47 Å². The summed E-state index contributed by atoms with van der Waals surface area (Å²) in [6, 6.07) is 5.37. The molecule has 1 unspecified atom stereocenters. The highest BCUT2D eigenvalue weighted by atomic mass is 16.5. The maximum absolute atomic E-state index is 13.4. The number of aliphatic hydroxyl groups is 1. The number of carbonyl (C=O) groups excluding carboxylic acids is 2. The molecule has 0 spiro atoms. The molecule has 3 N–H and O–H groups in total. The molecule has 206 valence electrons. The van der Waals surface area contributed by atoms with Crippen molar-refractivity contribution in [3.8, 4) is 6.07 Å². The molecule has 3 atom stereocenters. The number of anilines is 3. The van der Waals surface area contributed by atoms with Gasteiger partial charge >= 0.3 is 6.03 Å². The number of aldehydes is 1. The molecule has 1 aliphatic carbocycles. The van der Waals surface area contributed by atoms with Crippen molar-refractivity contribution >= 4 is 29.6 Å². The molecule has 1 saturated heterocycles. The first kappa shape index (κ1) is 27.0. The number of hydrogen-bond donors (Lipinski definition) is 3. The number of nitrogens with one attached hydrogen (secondary N) is 2. The Morgan fingerprint density at radius 1 is 1.33 bits per heavy atom. The Morgan fingerprint density at radius 3 is 2.97 bits per heavy atom. The van der Waals surface area contributed by atoms with Crippen molar-refractivity contribution in [2.45, 2.75) is 57.0 Å². The second kappa shape index (κ2) is 12.0. The van der Waals surface area contributed by atoms with Gasteiger partial charge in [-0.05, 0) is 49.3 Å². The average Bonchev–Trinajstić information content (AvgIpc) is 3.40. The van der Waals surface area contributed by atoms with Crippen LogP contribution in [-0.4, -0.2) is 84.1 Å². The highest BCUT2D eigenvalue weighted by molar-refractivity contribution is 6.01. The van der Waals surface area contributed by atoms with Gasteiger partial charge in [-0.3, -0.25) is 19.9 Å². The number of morpholine rings is 1. The maximum Gasteiger partial charge on any atom is 0.328 e. The molecule has 3 aliphatic rings. The van der Waals surface area contributed by atoms with Crippen LogP contribution in [-0.2, 0) is 22.4 Å². The number of ether oxygens (including phenoxy) is 2. The fraction of sp³-hybridized carbons (Fsp3) is 0.519. The maximum atomic E-state index is 13.4. The lowest BCUT2D eigenvalue weighted by Crippen LogP contribution is -2.45. The van der Waals surface area contributed by atoms with Gasteiger partial charge in [0.2, 0.25) is 0 Å². The summed E-state index contributed by atoms with van der Waals surface area (Å²) < 4.78 is 10.9. The molecule has 39 heavy (non-hydrogen) atoms. The zero-order chi connectivity index (χ0) is 27.4. The number of aryl methyl sites for hydroxylation is 1. The smallest absolute Gasteiger partial charge is 0.328 e. The SMILES string of the molecule is CO[C@@H]1CCC[C@H]1Nc1cc(NC(=O)N2CCCc3cc(CN4CCOCC4O)c(C=O)nc32)ncc1C#N. The van der Waals surface area contributed by atoms with E-state index in [1.807, 2.05) is 11.0 Å². The number of pyridine rings is 2. The molecule has 2 amide bonds. The van der Waals surface area contributed by atoms with Crippen molar-refractivity contribution in [1.82, 2.24) is 14.9 Å². The van der Waals surface area contributed by atoms with Crippen molar-refractivity contribution in [3.05, 3.63) is 40.7 Å². The second-order valence-corrected chi connectivity index (χ2v) is 10.0. The Hall–Kier alpha value is -3.63. The standard InChI is InChI=1S/C27H33N7O5/c1-38-23-6-2-5-20(23)30-21-11-24(29-13-19(21)12-28)32-27(37)34-7-3-4-17-10-18(22(15-35)31-26(17)34)14-33-8-9-39-16-25(33)36/h10-11,13,15,20,23,25,36H,2-9,14,16H2,1H3,(H2,29,30,32,37)/t20-,23-,25?/m1/s1. The van der Waals surface area contributed by atoms with E-state index in [1.165, 1.54) is 11.1 Å². The number of methoxy groups -OCH3 is 1. The van der Waals surface area contributed by atoms with Gasteiger partial charge in [-0.25, -0.2) is 14.8 Å². The average molecular weight is 536 g/mol. The minimum absolute atomic E-state index is 0.0575. The van der Waals surface area contributed by atoms with Crippen LogP contribution in [0.1, 0.15) is 52.9 Å². The van der Waals surface area contributed by atoms with E-state index in [0.717, 1.165) is 37.7 Å². The van der Waals surface area contributed by atoms with E-state index in [-0.39, 0.29) is 24.4 Å². The Balaban J connectivity index is 1.34. The number of aromatic nitrogens is 2. The first-order valence-corrected chi connectivity index (χ1v) is 13.3. The minimum Gasteiger partial charge on any atom is -0.379 e. The molecule has 4 heterocycles. The summed E-state index contributed by atoms with van der Waals surface area (Å²) in [4.78, 5) is 37.5. The van der Waals surface area contributed by atoms with Crippen LogP contribution in [0.25, 0.3) is 0 Å². The van der Waals surface area contributed by atoms with Crippen LogP contribution in [0.4, 0.5) is 22.1 Å². The molecule has 0 bridgehead atoms. The Labute approximate surface area is 226 Å². The zero-order valence-corrected chi connectivity index (χ0v) is 21.9. The van der Waals surface area contributed by atoms with E-state index in [1.54, 1.807) is 13.2 Å². The van der Waals surface area contributed by atoms with Gasteiger partial charge < -0.3 is 19.9 Å². The summed E-state index contributed by atoms with van der Waals surface area (Å²) in [6.45, 7) is 2.07. The molecule has 2 aliphatic heterocycles. The van der Waals surface area contributed by atoms with Crippen LogP contribution in [0.3, 0.4) is 0 Å². The molecule has 2 aromatic heterocycles. The Morgan fingerprint density at radius 2 is 2.21 bits per heavy atom. The quantitative estimate of drug-likeness (QED) is 0.450. The summed E-state index contributed by atoms with van der Waals surface area (Å²) >= 11 is 0. The number of hydrogen-bond acceptors (Lipinski definition) is 10. The summed E-state index contributed by atoms with van der Waals surface area (Å²) in [5.74, 6) is 0.738. The molecular formula is C27H33N7O5. The molecule has 1 saturated carbocycles. The molecule has 12 nitrogen and oxygen atoms in total. The van der Waals surface area contributed by atoms with Gasteiger partial charge in [0.05, 0.1) is 36.6 Å². The molecule has 0 radical (unpaired) electrons. The normalized spacial score (nSPS) is 23.1. The first-order chi connectivity index (χ1) is 19.0. The van der Waals surface area contributed by atoms with Gasteiger partial charge in [0.25, 0.3) is 0 Å². The largest absolute Gasteiger partial charge is 0.379 e. The van der Waals surface area contributed by atoms with Gasteiger partial charge in [-0.2, -0.15) is 5.26 Å². The third-order valence-electron chi connectivity index (χ3n) is 7.57. The molecule has 12 heteroatoms. The van der Waals surface area contributed by atoms with E-state index >= 15 is 0 Å². The van der Waals surface area contributed by atoms with Crippen LogP contribution in [0.5, 0.6) is 0 Å². The third kappa shape index (κ3) is 5.86. The van der Waals surface area contributed by atoms with Crippen LogP contribution >= 0.6 is 0 Å². The summed E-state index contributed by atoms with van der Waals surface area (Å²) in [7, 11) is 1.68. The van der Waals surface area contributed by atoms with Crippen molar-refractivity contribution in [2.75, 3.05) is 48.9 Å². The predicted molar refractivity (Wildman–Crippen MR) is 143 cm³/mol. The summed E-state index contributed by atoms with van der Waals surface area (Å²) in [5.41, 5.74) is 2.78. The topological polar surface area (TPSA) is 153 Å². The lowest BCUT2D eigenvalue weighted by Gasteiger charge is -2.33. The number of nitriles is 1. The summed E-state index contributed by atoms with van der Waals surface area (Å²) in [6.07, 6.45) is 5.79. The van der Waals surface area contributed by atoms with Gasteiger partial charge in [-0.1, -0.05) is 0 Å². The van der Waals surface area contributed by atoms with Crippen LogP contribution < -0.4 is 15.5 Å². The third-order valence-corrected chi connectivity index (χ3v) is 7.57. The van der Waals surface area contributed by atoms with E-state index in [0.29, 0.717) is 61.0 Å². The zero-order valence-electron chi connectivity index (χ0n) is 21.9. The Kier molecular flexibility index (Phi) is 8.33. The number of amides is 2. The molecule has 0 aromatic carbocycles. The fourth-order valence-electron chi connectivity index (χ4n) is 5.49. The first-order valence-electron chi connectivity index (χ1n) is 13.3. The number of rotatable bonds is 7. The number of carbonyl (C=O) groups is 2. The van der Waals surface area contributed by atoms with Gasteiger partial charge in [0.15, 0.2) is 6.29 Å². The van der Waals surface area contributed by atoms with Crippen molar-refractivity contribution in [2.24, 2.45) is 0 Å². The predicted octanol–water partition coefficient (Wildman–Crippen LogP) is 2.28. The van der Waals surface area contributed by atoms with E-state index < -0.39 is 12.3 Å². The van der Waals surface area contributed by atoms with Crippen LogP contribution in [0.2, 0.25) is 0 Å². The highest BCUT2D eigenvalue weighted by Crippen LogP contribution is 2.30. The Bertz CT molecular complexity index is 1270. The molecular weight excluding hydrogens is 502 g/mol. The number of fused-ring (bicyclic) bond motifs is 1. The molecule has 2 aromatic rings. The number of nitrogens with zero attached hydrogens (tertiary/aromatic N) is 5. The molecule has 2 fully saturated rings. The summed E-state index contributed by atoms with van der Waals surface area (Å²) in [5, 5.41) is 26.0. The second-order valence-electron chi connectivity index (χ2n) is 10.0. The highest BCUT2D eigenvalue weighted by Gasteiger charge is 2.30. The van der Waals surface area contributed by atoms with Gasteiger partial charge in [-0.15, -0.1) is 0 Å². The fourth-order valence-corrected chi connectivity index (χ4v) is 5.49. The van der Waals surface area contributed by atoms with Crippen molar-refractivity contribution < 1.29 is 24.2 Å². The monoisotopic (exact) mass is 535 g/mol. The lowest BCUT2D eigenvalue weighted by atomic mass is 10.0. The van der Waals surface area contributed by atoms with E-state index in [9.17, 15) is 20.0 Å².